The van der Waals surface area contributed by atoms with Gasteiger partial charge in [-0.15, -0.1) is 12.4 Å². The van der Waals surface area contributed by atoms with Gasteiger partial charge >= 0.3 is 0 Å². The minimum Gasteiger partial charge on any atom is -0.314 e. The lowest BCUT2D eigenvalue weighted by Crippen LogP contribution is -2.40. The van der Waals surface area contributed by atoms with E-state index >= 15 is 0 Å². The number of aryl methyl sites for hydroxylation is 1. The number of hydrogen-bond acceptors (Lipinski definition) is 3. The maximum absolute atomic E-state index is 12.5. The van der Waals surface area contributed by atoms with Crippen LogP contribution in [0.15, 0.2) is 22.7 Å². The number of halogens is 2. The summed E-state index contributed by atoms with van der Waals surface area (Å²) >= 11 is 3.46. The van der Waals surface area contributed by atoms with Crippen molar-refractivity contribution in [2.45, 2.75) is 39.3 Å². The fraction of sp³-hybridized carbons (Fsp3) is 0.500. The van der Waals surface area contributed by atoms with Crippen LogP contribution >= 0.6 is 28.3 Å². The average Bonchev–Trinajstić information content (AvgIpc) is 2.83. The molecule has 0 spiro atoms. The third-order valence-electron chi connectivity index (χ3n) is 4.26. The molecule has 1 amide bonds. The number of piperidine rings is 1. The van der Waals surface area contributed by atoms with Gasteiger partial charge < -0.3 is 9.88 Å². The highest BCUT2D eigenvalue weighted by Gasteiger charge is 2.25. The third-order valence-corrected chi connectivity index (χ3v) is 4.75. The van der Waals surface area contributed by atoms with Gasteiger partial charge in [0.2, 0.25) is 11.9 Å². The van der Waals surface area contributed by atoms with Gasteiger partial charge in [0.05, 0.1) is 11.0 Å². The molecular weight excluding hydrogens is 380 g/mol. The molecule has 1 aromatic carbocycles. The third kappa shape index (κ3) is 3.87. The summed E-state index contributed by atoms with van der Waals surface area (Å²) in [5, 5.41) is 6.41. The van der Waals surface area contributed by atoms with E-state index < -0.39 is 0 Å². The SMILES string of the molecule is CCn1c(NC(=O)[C@H]2CCN[C@@H](C)C2)nc2cc(Br)ccc21.Cl. The summed E-state index contributed by atoms with van der Waals surface area (Å²) in [7, 11) is 0. The molecule has 2 heterocycles. The number of aromatic nitrogens is 2. The second kappa shape index (κ2) is 7.64. The molecule has 0 radical (unpaired) electrons. The van der Waals surface area contributed by atoms with E-state index in [9.17, 15) is 4.79 Å². The van der Waals surface area contributed by atoms with E-state index in [2.05, 4.69) is 45.4 Å². The molecule has 2 atom stereocenters. The standard InChI is InChI=1S/C16H21BrN4O.ClH/c1-3-21-14-5-4-12(17)9-13(14)19-16(21)20-15(22)11-6-7-18-10(2)8-11;/h4-5,9-11,18H,3,6-8H2,1-2H3,(H,19,20,22);1H/t10-,11-;/m0./s1. The zero-order chi connectivity index (χ0) is 15.7. The molecule has 0 bridgehead atoms. The monoisotopic (exact) mass is 400 g/mol. The first-order valence-corrected chi connectivity index (χ1v) is 8.57. The van der Waals surface area contributed by atoms with Crippen molar-refractivity contribution in [2.24, 2.45) is 5.92 Å². The summed E-state index contributed by atoms with van der Waals surface area (Å²) in [6.45, 7) is 5.86. The summed E-state index contributed by atoms with van der Waals surface area (Å²) in [4.78, 5) is 17.1. The second-order valence-corrected chi connectivity index (χ2v) is 6.79. The molecule has 2 aromatic rings. The number of hydrogen-bond donors (Lipinski definition) is 2. The molecule has 1 aliphatic rings. The number of anilines is 1. The van der Waals surface area contributed by atoms with Gasteiger partial charge in [0.25, 0.3) is 0 Å². The number of rotatable bonds is 3. The van der Waals surface area contributed by atoms with Crippen molar-refractivity contribution in [1.82, 2.24) is 14.9 Å². The molecule has 0 saturated carbocycles. The minimum absolute atomic E-state index is 0. The van der Waals surface area contributed by atoms with Gasteiger partial charge in [0.1, 0.15) is 0 Å². The van der Waals surface area contributed by atoms with Gasteiger partial charge in [-0.2, -0.15) is 0 Å². The Morgan fingerprint density at radius 2 is 2.30 bits per heavy atom. The van der Waals surface area contributed by atoms with E-state index in [-0.39, 0.29) is 24.2 Å². The van der Waals surface area contributed by atoms with Gasteiger partial charge in [-0.3, -0.25) is 10.1 Å². The van der Waals surface area contributed by atoms with Crippen LogP contribution in [0, 0.1) is 5.92 Å². The highest BCUT2D eigenvalue weighted by molar-refractivity contribution is 9.10. The lowest BCUT2D eigenvalue weighted by atomic mass is 9.92. The van der Waals surface area contributed by atoms with E-state index in [0.29, 0.717) is 12.0 Å². The molecule has 5 nitrogen and oxygen atoms in total. The van der Waals surface area contributed by atoms with E-state index in [1.807, 2.05) is 22.8 Å². The second-order valence-electron chi connectivity index (χ2n) is 5.88. The van der Waals surface area contributed by atoms with Crippen LogP contribution in [0.25, 0.3) is 11.0 Å². The average molecular weight is 402 g/mol. The Labute approximate surface area is 150 Å². The van der Waals surface area contributed by atoms with Gasteiger partial charge in [0, 0.05) is 23.0 Å². The number of benzene rings is 1. The van der Waals surface area contributed by atoms with Crippen LogP contribution in [-0.4, -0.2) is 28.0 Å². The molecule has 0 unspecified atom stereocenters. The van der Waals surface area contributed by atoms with Crippen molar-refractivity contribution < 1.29 is 4.79 Å². The van der Waals surface area contributed by atoms with Gasteiger partial charge in [0.15, 0.2) is 0 Å². The van der Waals surface area contributed by atoms with Crippen molar-refractivity contribution in [3.05, 3.63) is 22.7 Å². The number of imidazole rings is 1. The summed E-state index contributed by atoms with van der Waals surface area (Å²) in [5.74, 6) is 0.789. The van der Waals surface area contributed by atoms with Gasteiger partial charge in [-0.1, -0.05) is 15.9 Å². The van der Waals surface area contributed by atoms with Crippen molar-refractivity contribution in [3.63, 3.8) is 0 Å². The first-order valence-electron chi connectivity index (χ1n) is 7.78. The molecule has 126 valence electrons. The predicted octanol–water partition coefficient (Wildman–Crippen LogP) is 3.57. The summed E-state index contributed by atoms with van der Waals surface area (Å²) in [6.07, 6.45) is 1.76. The van der Waals surface area contributed by atoms with Crippen LogP contribution < -0.4 is 10.6 Å². The molecule has 23 heavy (non-hydrogen) atoms. The van der Waals surface area contributed by atoms with E-state index in [1.54, 1.807) is 0 Å². The Morgan fingerprint density at radius 3 is 3.00 bits per heavy atom. The van der Waals surface area contributed by atoms with Crippen molar-refractivity contribution >= 4 is 51.2 Å². The lowest BCUT2D eigenvalue weighted by molar-refractivity contribution is -0.120. The van der Waals surface area contributed by atoms with Crippen LogP contribution in [0.1, 0.15) is 26.7 Å². The first kappa shape index (κ1) is 18.2. The molecule has 1 fully saturated rings. The maximum Gasteiger partial charge on any atom is 0.229 e. The number of fused-ring (bicyclic) bond motifs is 1. The van der Waals surface area contributed by atoms with Crippen molar-refractivity contribution in [1.29, 1.82) is 0 Å². The Bertz CT molecular complexity index is 703. The van der Waals surface area contributed by atoms with Gasteiger partial charge in [-0.25, -0.2) is 4.98 Å². The molecule has 1 saturated heterocycles. The molecule has 1 aliphatic heterocycles. The van der Waals surface area contributed by atoms with Crippen LogP contribution in [0.5, 0.6) is 0 Å². The number of amides is 1. The highest BCUT2D eigenvalue weighted by atomic mass is 79.9. The highest BCUT2D eigenvalue weighted by Crippen LogP contribution is 2.24. The smallest absolute Gasteiger partial charge is 0.229 e. The Kier molecular flexibility index (Phi) is 6.06. The van der Waals surface area contributed by atoms with Crippen LogP contribution in [0.3, 0.4) is 0 Å². The Morgan fingerprint density at radius 1 is 1.52 bits per heavy atom. The van der Waals surface area contributed by atoms with Crippen LogP contribution in [0.4, 0.5) is 5.95 Å². The summed E-state index contributed by atoms with van der Waals surface area (Å²) in [5.41, 5.74) is 1.94. The normalized spacial score (nSPS) is 21.0. The largest absolute Gasteiger partial charge is 0.314 e. The summed E-state index contributed by atoms with van der Waals surface area (Å²) < 4.78 is 3.04. The number of nitrogens with zero attached hydrogens (tertiary/aromatic N) is 2. The zero-order valence-corrected chi connectivity index (χ0v) is 15.7. The maximum atomic E-state index is 12.5. The Hall–Kier alpha value is -1.11. The molecule has 3 rings (SSSR count). The molecular formula is C16H22BrClN4O. The number of carbonyl (C=O) groups excluding carboxylic acids is 1. The van der Waals surface area contributed by atoms with Crippen LogP contribution in [0.2, 0.25) is 0 Å². The van der Waals surface area contributed by atoms with Gasteiger partial charge in [-0.05, 0) is 51.4 Å². The number of nitrogens with one attached hydrogen (secondary N) is 2. The van der Waals surface area contributed by atoms with E-state index in [0.717, 1.165) is 41.4 Å². The van der Waals surface area contributed by atoms with Crippen molar-refractivity contribution in [3.8, 4) is 0 Å². The fourth-order valence-corrected chi connectivity index (χ4v) is 3.45. The fourth-order valence-electron chi connectivity index (χ4n) is 3.10. The van der Waals surface area contributed by atoms with Crippen molar-refractivity contribution in [2.75, 3.05) is 11.9 Å². The first-order chi connectivity index (χ1) is 10.6. The summed E-state index contributed by atoms with van der Waals surface area (Å²) in [6, 6.07) is 6.39. The molecule has 2 N–H and O–H groups in total. The topological polar surface area (TPSA) is 59.0 Å². The molecule has 1 aromatic heterocycles. The lowest BCUT2D eigenvalue weighted by Gasteiger charge is -2.26. The quantitative estimate of drug-likeness (QED) is 0.826. The Balaban J connectivity index is 0.00000192. The van der Waals surface area contributed by atoms with E-state index in [1.165, 1.54) is 0 Å². The predicted molar refractivity (Wildman–Crippen MR) is 99.2 cm³/mol. The molecule has 0 aliphatic carbocycles. The minimum atomic E-state index is 0. The zero-order valence-electron chi connectivity index (χ0n) is 13.3. The van der Waals surface area contributed by atoms with E-state index in [4.69, 9.17) is 0 Å². The molecule has 7 heteroatoms. The van der Waals surface area contributed by atoms with Crippen LogP contribution in [-0.2, 0) is 11.3 Å². The number of carbonyl (C=O) groups is 1.